The predicted octanol–water partition coefficient (Wildman–Crippen LogP) is 19.5. The molecule has 4 aliphatic rings. The van der Waals surface area contributed by atoms with Crippen LogP contribution in [-0.4, -0.2) is 159 Å². The first-order chi connectivity index (χ1) is 67.3. The topological polar surface area (TPSA) is 490 Å². The first-order valence-corrected chi connectivity index (χ1v) is 46.7. The van der Waals surface area contributed by atoms with Gasteiger partial charge in [0.25, 0.3) is 0 Å². The number of hydrogen-bond acceptors (Lipinski definition) is 29. The Morgan fingerprint density at radius 1 is 0.407 bits per heavy atom. The van der Waals surface area contributed by atoms with Crippen LogP contribution < -0.4 is 70.4 Å². The lowest BCUT2D eigenvalue weighted by molar-refractivity contribution is -0.131. The van der Waals surface area contributed by atoms with Gasteiger partial charge in [-0.15, -0.1) is 0 Å². The van der Waals surface area contributed by atoms with Gasteiger partial charge in [0.05, 0.1) is 22.7 Å². The summed E-state index contributed by atoms with van der Waals surface area (Å²) >= 11 is 6.02. The molecule has 3 amide bonds. The number of likely N-dealkylation sites (tertiary alicyclic amines) is 1. The molecule has 16 rings (SSSR count). The van der Waals surface area contributed by atoms with E-state index < -0.39 is 35.1 Å². The first-order valence-electron chi connectivity index (χ1n) is 46.3. The van der Waals surface area contributed by atoms with Crippen molar-refractivity contribution in [1.29, 1.82) is 0 Å². The number of carbonyl (C=O) groups excluding carboxylic acids is 7. The molecule has 2 saturated carbocycles. The van der Waals surface area contributed by atoms with E-state index in [-0.39, 0.29) is 86.5 Å². The van der Waals surface area contributed by atoms with Crippen LogP contribution in [0.2, 0.25) is 5.15 Å². The summed E-state index contributed by atoms with van der Waals surface area (Å²) in [5, 5.41) is 27.6. The molecule has 2 aliphatic carbocycles. The monoisotopic (exact) mass is 1910 g/mol. The van der Waals surface area contributed by atoms with E-state index in [0.717, 1.165) is 93.3 Å². The third-order valence-corrected chi connectivity index (χ3v) is 22.7. The number of ketones is 4. The van der Waals surface area contributed by atoms with E-state index in [4.69, 9.17) is 54.8 Å². The Morgan fingerprint density at radius 2 is 0.729 bits per heavy atom. The van der Waals surface area contributed by atoms with Crippen molar-refractivity contribution < 1.29 is 52.9 Å². The summed E-state index contributed by atoms with van der Waals surface area (Å²) < 4.78 is 11.2. The van der Waals surface area contributed by atoms with Crippen molar-refractivity contribution >= 4 is 145 Å². The van der Waals surface area contributed by atoms with E-state index in [1.54, 1.807) is 111 Å². The molecular formula is C106H121ClN22O11. The fraction of sp³-hybridized carbons (Fsp3) is 0.283. The van der Waals surface area contributed by atoms with Gasteiger partial charge in [-0.1, -0.05) is 136 Å². The highest BCUT2D eigenvalue weighted by atomic mass is 35.5. The second-order valence-corrected chi connectivity index (χ2v) is 35.7. The summed E-state index contributed by atoms with van der Waals surface area (Å²) in [5.74, 6) is -0.480. The van der Waals surface area contributed by atoms with Gasteiger partial charge in [-0.2, -0.15) is 0 Å². The van der Waals surface area contributed by atoms with E-state index in [9.17, 15) is 38.4 Å². The standard InChI is InChI=1S/C28H33N5O3.C25H26N6O2.C22H21ClN4O3.C22H24N6O.C6H13N.C3H4O2/c1-28(2,3)36-27(35)33(21-12-8-5-9-13-21)22-16-14-19(15-17-22)24(34)23-25(29)30-18-31-26(23)32-20-10-6-4-7-11-20;1-2-21(32)31-14-6-9-20(15-31)30-25-22(24(26)27-16-28-25)23(33)17-10-12-19(13-11-17)29-18-7-4-3-5-8-18;1-22(2,3)30-21(29)27(15-7-5-4-6-8-15)16-11-9-14(10-12-16)18(28)17-19(23)25-13-26-20(17)24;23-21-19(22(26-14-25-21)28-18-7-4-12-24-13-18)20(29)15-8-10-17(11-9-15)27-16-5-2-1-3-6-16;7-6-4-2-1-3-5-6;1-2-3(4)5/h5,8-9,12-18,20H,4,6-7,10-11H2,1-3H3,(H3,29,30,31,32);2-5,7-8,10-13,16,20,29H,1,6,9,14-15H2,(H3,26,27,28,30);4-13H,1-3H3,(H2,24,25,26);1-3,5-6,8-11,14,18,24,27H,4,7,12-13H2,(H3,23,25,26,28);6H,1-5,7H2;2H,1H2,(H,4,5)/t;20-;;18-;;/m.1.1../s1. The Morgan fingerprint density at radius 3 is 1.08 bits per heavy atom. The molecule has 8 aromatic carbocycles. The average Bonchev–Trinajstić information content (AvgIpc) is 0.808. The number of hydrogen-bond donors (Lipinski definition) is 12. The van der Waals surface area contributed by atoms with Crippen molar-refractivity contribution in [2.24, 2.45) is 5.73 Å². The number of carboxylic acids is 1. The third kappa shape index (κ3) is 31.1. The van der Waals surface area contributed by atoms with Crippen LogP contribution in [0.15, 0.2) is 269 Å². The Kier molecular flexibility index (Phi) is 38.4. The number of aliphatic carboxylic acids is 1. The summed E-state index contributed by atoms with van der Waals surface area (Å²) in [4.78, 5) is 137. The number of halogens is 1. The lowest BCUT2D eigenvalue weighted by atomic mass is 9.95. The van der Waals surface area contributed by atoms with E-state index in [0.29, 0.717) is 87.2 Å². The fourth-order valence-electron chi connectivity index (χ4n) is 15.5. The Bertz CT molecular complexity index is 6130. The maximum absolute atomic E-state index is 13.5. The first kappa shape index (κ1) is 105. The molecular weight excluding hydrogens is 1790 g/mol. The summed E-state index contributed by atoms with van der Waals surface area (Å²) in [5.41, 5.74) is 37.1. The minimum absolute atomic E-state index is 0.00347. The fourth-order valence-corrected chi connectivity index (χ4v) is 15.7. The van der Waals surface area contributed by atoms with Crippen LogP contribution in [-0.2, 0) is 19.1 Å². The lowest BCUT2D eigenvalue weighted by Crippen LogP contribution is -2.44. The molecule has 0 radical (unpaired) electrons. The van der Waals surface area contributed by atoms with Crippen molar-refractivity contribution in [2.45, 2.75) is 167 Å². The van der Waals surface area contributed by atoms with Gasteiger partial charge in [0.15, 0.2) is 23.1 Å². The molecule has 34 heteroatoms. The van der Waals surface area contributed by atoms with Gasteiger partial charge >= 0.3 is 18.2 Å². The molecule has 2 saturated heterocycles. The number of amides is 3. The molecule has 12 aromatic rings. The van der Waals surface area contributed by atoms with Gasteiger partial charge in [0, 0.05) is 94.9 Å². The molecule has 17 N–H and O–H groups in total. The van der Waals surface area contributed by atoms with Crippen LogP contribution in [0.25, 0.3) is 0 Å². The third-order valence-electron chi connectivity index (χ3n) is 22.4. The number of nitrogens with zero attached hydrogens (tertiary/aromatic N) is 11. The van der Waals surface area contributed by atoms with Crippen molar-refractivity contribution in [2.75, 3.05) is 85.5 Å². The molecule has 0 unspecified atom stereocenters. The molecule has 4 aromatic heterocycles. The number of carbonyl (C=O) groups is 8. The molecule has 0 bridgehead atoms. The molecule has 140 heavy (non-hydrogen) atoms. The molecule has 4 fully saturated rings. The highest BCUT2D eigenvalue weighted by Crippen LogP contribution is 2.36. The second kappa shape index (κ2) is 51.3. The Hall–Kier alpha value is -15.9. The van der Waals surface area contributed by atoms with E-state index in [2.05, 4.69) is 84.9 Å². The molecule has 2 atom stereocenters. The number of benzene rings is 8. The van der Waals surface area contributed by atoms with Gasteiger partial charge in [-0.3, -0.25) is 24.0 Å². The minimum Gasteiger partial charge on any atom is -0.478 e. The van der Waals surface area contributed by atoms with Crippen LogP contribution in [0, 0.1) is 0 Å². The lowest BCUT2D eigenvalue weighted by Gasteiger charge is -2.33. The number of carboxylic acid groups (broad SMARTS) is 1. The number of nitrogens with two attached hydrogens (primary N) is 5. The van der Waals surface area contributed by atoms with Crippen LogP contribution >= 0.6 is 11.6 Å². The molecule has 728 valence electrons. The zero-order valence-corrected chi connectivity index (χ0v) is 80.2. The van der Waals surface area contributed by atoms with Crippen molar-refractivity contribution in [3.05, 3.63) is 319 Å². The number of nitrogen functional groups attached to an aromatic ring is 4. The minimum atomic E-state index is -0.981. The average molecular weight is 1910 g/mol. The highest BCUT2D eigenvalue weighted by molar-refractivity contribution is 6.34. The van der Waals surface area contributed by atoms with E-state index in [1.807, 2.05) is 154 Å². The summed E-state index contributed by atoms with van der Waals surface area (Å²) in [6.45, 7) is 20.4. The second-order valence-electron chi connectivity index (χ2n) is 35.3. The van der Waals surface area contributed by atoms with Crippen LogP contribution in [0.1, 0.15) is 195 Å². The molecule has 2 aliphatic heterocycles. The number of nitrogens with one attached hydrogen (secondary N) is 6. The number of anilines is 15. The SMILES string of the molecule is C=CC(=O)N1CCC[C@@H](Nc2ncnc(N)c2C(=O)c2ccc(Nc3ccccc3)cc2)C1.C=CC(=O)O.CC(C)(C)OC(=O)N(c1ccccc1)c1ccc(C(=O)c2c(N)ncnc2Cl)cc1.CC(C)(C)OC(=O)N(c1ccccc1)c1ccc(C(=O)c2c(N)ncnc2NC2CCCCC2)cc1.NC1CCCCC1.Nc1ncnc(N[C@@H]2CCCNC2)c1C(=O)c1ccc(Nc2ccccc2)cc1. The van der Waals surface area contributed by atoms with Gasteiger partial charge < -0.3 is 80.0 Å². The number of aromatic nitrogens is 8. The van der Waals surface area contributed by atoms with E-state index >= 15 is 0 Å². The quantitative estimate of drug-likeness (QED) is 0.0152. The maximum atomic E-state index is 13.5. The van der Waals surface area contributed by atoms with Crippen LogP contribution in [0.3, 0.4) is 0 Å². The summed E-state index contributed by atoms with van der Waals surface area (Å²) in [6, 6.07) is 66.7. The van der Waals surface area contributed by atoms with Crippen molar-refractivity contribution in [1.82, 2.24) is 50.1 Å². The summed E-state index contributed by atoms with van der Waals surface area (Å²) in [7, 11) is 0. The predicted molar refractivity (Wildman–Crippen MR) is 552 cm³/mol. The van der Waals surface area contributed by atoms with Crippen molar-refractivity contribution in [3.63, 3.8) is 0 Å². The van der Waals surface area contributed by atoms with Crippen LogP contribution in [0.4, 0.5) is 95.8 Å². The number of piperidine rings is 2. The van der Waals surface area contributed by atoms with Gasteiger partial charge in [-0.05, 0) is 251 Å². The van der Waals surface area contributed by atoms with Crippen LogP contribution in [0.5, 0.6) is 0 Å². The molecule has 0 spiro atoms. The Labute approximate surface area is 820 Å². The van der Waals surface area contributed by atoms with E-state index in [1.165, 1.54) is 79.7 Å². The zero-order valence-electron chi connectivity index (χ0n) is 79.4. The maximum Gasteiger partial charge on any atom is 0.419 e. The number of rotatable bonds is 24. The van der Waals surface area contributed by atoms with Crippen molar-refractivity contribution in [3.8, 4) is 0 Å². The normalized spacial score (nSPS) is 14.5. The van der Waals surface area contributed by atoms with Gasteiger partial charge in [-0.25, -0.2) is 64.1 Å². The van der Waals surface area contributed by atoms with Gasteiger partial charge in [0.2, 0.25) is 5.91 Å². The van der Waals surface area contributed by atoms with Gasteiger partial charge in [0.1, 0.15) is 105 Å². The number of para-hydroxylation sites is 4. The highest BCUT2D eigenvalue weighted by Gasteiger charge is 2.32. The smallest absolute Gasteiger partial charge is 0.419 e. The molecule has 6 heterocycles. The summed E-state index contributed by atoms with van der Waals surface area (Å²) in [6.07, 6.45) is 22.4. The number of ether oxygens (including phenoxy) is 2. The Balaban J connectivity index is 0.000000172. The zero-order chi connectivity index (χ0) is 100. The molecule has 33 nitrogen and oxygen atoms in total. The largest absolute Gasteiger partial charge is 0.478 e.